The highest BCUT2D eigenvalue weighted by molar-refractivity contribution is 6.31. The Labute approximate surface area is 264 Å². The summed E-state index contributed by atoms with van der Waals surface area (Å²) in [5.74, 6) is 0.497. The fraction of sp³-hybridized carbons (Fsp3) is 0.273. The van der Waals surface area contributed by atoms with Crippen LogP contribution < -0.4 is 16.6 Å². The molecule has 11 nitrogen and oxygen atoms in total. The van der Waals surface area contributed by atoms with E-state index in [4.69, 9.17) is 17.3 Å². The van der Waals surface area contributed by atoms with Crippen LogP contribution in [0, 0.1) is 12.8 Å². The molecule has 0 spiro atoms. The topological polar surface area (TPSA) is 141 Å². The number of anilines is 2. The minimum atomic E-state index is -0.587. The second-order valence-corrected chi connectivity index (χ2v) is 11.9. The first kappa shape index (κ1) is 30.0. The van der Waals surface area contributed by atoms with Crippen molar-refractivity contribution in [3.63, 3.8) is 0 Å². The molecule has 5 aromatic rings. The van der Waals surface area contributed by atoms with Crippen LogP contribution in [0.3, 0.4) is 0 Å². The third-order valence-electron chi connectivity index (χ3n) is 8.29. The number of nitrogens with two attached hydrogens (primary N) is 1. The molecule has 1 aliphatic rings. The van der Waals surface area contributed by atoms with Crippen LogP contribution in [0.4, 0.5) is 11.5 Å². The van der Waals surface area contributed by atoms with Crippen molar-refractivity contribution in [3.8, 4) is 16.9 Å². The van der Waals surface area contributed by atoms with Crippen molar-refractivity contribution in [1.82, 2.24) is 29.0 Å². The number of carbonyl (C=O) groups is 2. The lowest BCUT2D eigenvalue weighted by atomic mass is 9.92. The Kier molecular flexibility index (Phi) is 8.11. The molecule has 5 heterocycles. The average molecular weight is 625 g/mol. The van der Waals surface area contributed by atoms with E-state index in [1.807, 2.05) is 35.4 Å². The highest BCUT2D eigenvalue weighted by Gasteiger charge is 2.28. The number of fused-ring (bicyclic) bond motifs is 1. The fourth-order valence-electron chi connectivity index (χ4n) is 5.89. The van der Waals surface area contributed by atoms with Gasteiger partial charge in [-0.2, -0.15) is 5.10 Å². The summed E-state index contributed by atoms with van der Waals surface area (Å²) in [6.45, 7) is 6.94. The third-order valence-corrected chi connectivity index (χ3v) is 8.67. The maximum Gasteiger partial charge on any atom is 0.269 e. The maximum absolute atomic E-state index is 13.3. The van der Waals surface area contributed by atoms with Crippen molar-refractivity contribution < 1.29 is 9.59 Å². The normalized spacial score (nSPS) is 13.8. The van der Waals surface area contributed by atoms with Gasteiger partial charge in [-0.15, -0.1) is 0 Å². The lowest BCUT2D eigenvalue weighted by Gasteiger charge is -2.33. The molecule has 45 heavy (non-hydrogen) atoms. The van der Waals surface area contributed by atoms with Crippen LogP contribution >= 0.6 is 11.6 Å². The molecule has 0 radical (unpaired) electrons. The van der Waals surface area contributed by atoms with Crippen molar-refractivity contribution in [2.45, 2.75) is 39.5 Å². The van der Waals surface area contributed by atoms with Crippen LogP contribution in [0.5, 0.6) is 0 Å². The summed E-state index contributed by atoms with van der Waals surface area (Å²) in [6, 6.07) is 15.9. The van der Waals surface area contributed by atoms with Crippen LogP contribution in [0.25, 0.3) is 22.5 Å². The Morgan fingerprint density at radius 2 is 1.78 bits per heavy atom. The van der Waals surface area contributed by atoms with E-state index in [2.05, 4.69) is 26.4 Å². The number of rotatable bonds is 6. The Morgan fingerprint density at radius 1 is 1.04 bits per heavy atom. The first-order valence-electron chi connectivity index (χ1n) is 14.8. The number of hydrogen-bond acceptors (Lipinski definition) is 7. The van der Waals surface area contributed by atoms with Gasteiger partial charge in [0.15, 0.2) is 5.82 Å². The molecule has 6 rings (SSSR count). The summed E-state index contributed by atoms with van der Waals surface area (Å²) < 4.78 is 3.18. The molecule has 1 fully saturated rings. The van der Waals surface area contributed by atoms with Gasteiger partial charge in [-0.1, -0.05) is 43.6 Å². The number of aromatic nitrogens is 5. The van der Waals surface area contributed by atoms with E-state index in [-0.39, 0.29) is 28.3 Å². The molecule has 0 saturated carbocycles. The molecule has 1 saturated heterocycles. The fourth-order valence-corrected chi connectivity index (χ4v) is 6.09. The minimum absolute atomic E-state index is 0.0254. The van der Waals surface area contributed by atoms with Crippen LogP contribution in [-0.4, -0.2) is 54.0 Å². The van der Waals surface area contributed by atoms with E-state index in [0.29, 0.717) is 41.6 Å². The van der Waals surface area contributed by atoms with Crippen LogP contribution in [-0.2, 0) is 4.79 Å². The number of nitrogen functional groups attached to an aromatic ring is 1. The van der Waals surface area contributed by atoms with Gasteiger partial charge in [-0.25, -0.2) is 14.5 Å². The zero-order valence-electron chi connectivity index (χ0n) is 25.2. The van der Waals surface area contributed by atoms with E-state index < -0.39 is 11.5 Å². The van der Waals surface area contributed by atoms with Gasteiger partial charge in [0.2, 0.25) is 5.91 Å². The number of pyridine rings is 2. The standard InChI is InChI=1S/C33H33ClN8O3/c1-19(2)32(44)40-14-11-22(12-15-40)27-17-24(29-30(35)37-18-38-42(27)29)21-7-9-23(10-8-21)39-31(43)25-16-26(34)20(3)41(33(25)45)28-6-4-5-13-36-28/h4-10,13,16-19,22H,11-12,14-15H2,1-3H3,(H,39,43)(H2,35,37,38). The number of likely N-dealkylation sites (tertiary alicyclic amines) is 1. The number of halogens is 1. The highest BCUT2D eigenvalue weighted by Crippen LogP contribution is 2.37. The van der Waals surface area contributed by atoms with Gasteiger partial charge in [0, 0.05) is 53.8 Å². The third kappa shape index (κ3) is 5.66. The maximum atomic E-state index is 13.3. The number of carbonyl (C=O) groups excluding carboxylic acids is 2. The number of hydrogen-bond donors (Lipinski definition) is 2. The van der Waals surface area contributed by atoms with E-state index in [1.165, 1.54) is 17.0 Å². The number of nitrogens with zero attached hydrogens (tertiary/aromatic N) is 6. The van der Waals surface area contributed by atoms with Crippen molar-refractivity contribution in [3.05, 3.63) is 99.4 Å². The molecule has 4 aromatic heterocycles. The van der Waals surface area contributed by atoms with Gasteiger partial charge in [0.05, 0.1) is 5.02 Å². The molecule has 12 heteroatoms. The molecule has 0 unspecified atom stereocenters. The van der Waals surface area contributed by atoms with Crippen molar-refractivity contribution >= 4 is 40.4 Å². The summed E-state index contributed by atoms with van der Waals surface area (Å²) in [4.78, 5) is 49.5. The number of nitrogens with one attached hydrogen (secondary N) is 1. The lowest BCUT2D eigenvalue weighted by Crippen LogP contribution is -2.40. The predicted molar refractivity (Wildman–Crippen MR) is 174 cm³/mol. The van der Waals surface area contributed by atoms with E-state index in [0.717, 1.165) is 29.7 Å². The molecule has 1 aliphatic heterocycles. The minimum Gasteiger partial charge on any atom is -0.382 e. The largest absolute Gasteiger partial charge is 0.382 e. The predicted octanol–water partition coefficient (Wildman–Crippen LogP) is 5.10. The zero-order valence-corrected chi connectivity index (χ0v) is 26.0. The van der Waals surface area contributed by atoms with Gasteiger partial charge in [-0.05, 0) is 61.7 Å². The second-order valence-electron chi connectivity index (χ2n) is 11.5. The Morgan fingerprint density at radius 3 is 2.44 bits per heavy atom. The van der Waals surface area contributed by atoms with E-state index in [9.17, 15) is 14.4 Å². The number of amides is 2. The summed E-state index contributed by atoms with van der Waals surface area (Å²) in [5.41, 5.74) is 10.2. The summed E-state index contributed by atoms with van der Waals surface area (Å²) in [5, 5.41) is 7.61. The van der Waals surface area contributed by atoms with Gasteiger partial charge in [0.25, 0.3) is 11.5 Å². The van der Waals surface area contributed by atoms with Gasteiger partial charge < -0.3 is 16.0 Å². The molecule has 230 valence electrons. The molecule has 0 aliphatic carbocycles. The van der Waals surface area contributed by atoms with Gasteiger partial charge in [-0.3, -0.25) is 19.0 Å². The van der Waals surface area contributed by atoms with Crippen LogP contribution in [0.15, 0.2) is 71.9 Å². The van der Waals surface area contributed by atoms with E-state index >= 15 is 0 Å². The lowest BCUT2D eigenvalue weighted by molar-refractivity contribution is -0.135. The van der Waals surface area contributed by atoms with Gasteiger partial charge >= 0.3 is 0 Å². The summed E-state index contributed by atoms with van der Waals surface area (Å²) in [7, 11) is 0. The zero-order chi connectivity index (χ0) is 31.8. The van der Waals surface area contributed by atoms with Crippen molar-refractivity contribution in [2.24, 2.45) is 5.92 Å². The van der Waals surface area contributed by atoms with Gasteiger partial charge in [0.1, 0.15) is 23.2 Å². The monoisotopic (exact) mass is 624 g/mol. The molecule has 2 amide bonds. The number of piperidine rings is 1. The molecule has 0 bridgehead atoms. The molecule has 0 atom stereocenters. The van der Waals surface area contributed by atoms with Crippen LogP contribution in [0.2, 0.25) is 5.02 Å². The molecule has 1 aromatic carbocycles. The average Bonchev–Trinajstić information content (AvgIpc) is 3.44. The van der Waals surface area contributed by atoms with Crippen molar-refractivity contribution in [1.29, 1.82) is 0 Å². The van der Waals surface area contributed by atoms with Crippen LogP contribution in [0.1, 0.15) is 54.4 Å². The second kappa shape index (κ2) is 12.2. The first-order chi connectivity index (χ1) is 21.6. The first-order valence-corrected chi connectivity index (χ1v) is 15.2. The van der Waals surface area contributed by atoms with Crippen molar-refractivity contribution in [2.75, 3.05) is 24.1 Å². The quantitative estimate of drug-likeness (QED) is 0.268. The molecular weight excluding hydrogens is 592 g/mol. The molecular formula is C33H33ClN8O3. The van der Waals surface area contributed by atoms with E-state index in [1.54, 1.807) is 43.5 Å². The SMILES string of the molecule is Cc1c(Cl)cc(C(=O)Nc2ccc(-c3cc(C4CCN(C(=O)C(C)C)CC4)n4ncnc(N)c34)cc2)c(=O)n1-c1ccccn1. The summed E-state index contributed by atoms with van der Waals surface area (Å²) >= 11 is 6.42. The molecule has 3 N–H and O–H groups in total. The smallest absolute Gasteiger partial charge is 0.269 e. The number of benzene rings is 1. The highest BCUT2D eigenvalue weighted by atomic mass is 35.5. The Bertz CT molecular complexity index is 1960. The summed E-state index contributed by atoms with van der Waals surface area (Å²) in [6.07, 6.45) is 4.66. The Balaban J connectivity index is 1.26. The Hall–Kier alpha value is -5.03.